The van der Waals surface area contributed by atoms with Crippen molar-refractivity contribution in [3.8, 4) is 11.5 Å². The van der Waals surface area contributed by atoms with Gasteiger partial charge >= 0.3 is 0 Å². The van der Waals surface area contributed by atoms with E-state index in [1.807, 2.05) is 18.2 Å². The minimum atomic E-state index is -0.702. The molecule has 1 aliphatic heterocycles. The van der Waals surface area contributed by atoms with Crippen molar-refractivity contribution in [1.82, 2.24) is 4.98 Å². The molecule has 0 saturated carbocycles. The molecule has 0 radical (unpaired) electrons. The Balaban J connectivity index is 1.76. The summed E-state index contributed by atoms with van der Waals surface area (Å²) in [6.07, 6.45) is 0.549. The standard InChI is InChI=1S/C15H14N2O3/c1-10-14(15(18)17-13-8-4-5-9-16-13)20-12-7-3-2-6-11(12)19-10/h2-10,14H,1H3,(H,16,17,18)/t10-,14-/m0/s1. The van der Waals surface area contributed by atoms with Crippen molar-refractivity contribution >= 4 is 11.7 Å². The molecular formula is C15H14N2O3. The second kappa shape index (κ2) is 5.21. The van der Waals surface area contributed by atoms with Crippen molar-refractivity contribution in [1.29, 1.82) is 0 Å². The fourth-order valence-electron chi connectivity index (χ4n) is 2.04. The summed E-state index contributed by atoms with van der Waals surface area (Å²) in [6, 6.07) is 12.6. The first-order valence-electron chi connectivity index (χ1n) is 6.38. The predicted octanol–water partition coefficient (Wildman–Crippen LogP) is 2.25. The van der Waals surface area contributed by atoms with E-state index in [0.29, 0.717) is 17.3 Å². The number of rotatable bonds is 2. The Morgan fingerprint density at radius 1 is 1.10 bits per heavy atom. The Kier molecular flexibility index (Phi) is 3.25. The minimum absolute atomic E-state index is 0.272. The molecule has 5 heteroatoms. The highest BCUT2D eigenvalue weighted by atomic mass is 16.6. The van der Waals surface area contributed by atoms with E-state index in [4.69, 9.17) is 9.47 Å². The summed E-state index contributed by atoms with van der Waals surface area (Å²) in [5, 5.41) is 2.72. The highest BCUT2D eigenvalue weighted by Gasteiger charge is 2.34. The van der Waals surface area contributed by atoms with Crippen LogP contribution in [0.15, 0.2) is 48.7 Å². The molecule has 1 aliphatic rings. The smallest absolute Gasteiger partial charge is 0.270 e. The molecule has 1 aromatic heterocycles. The minimum Gasteiger partial charge on any atom is -0.482 e. The van der Waals surface area contributed by atoms with E-state index in [9.17, 15) is 4.79 Å². The molecule has 0 saturated heterocycles. The van der Waals surface area contributed by atoms with E-state index in [1.54, 1.807) is 37.4 Å². The third-order valence-electron chi connectivity index (χ3n) is 3.02. The quantitative estimate of drug-likeness (QED) is 0.909. The van der Waals surface area contributed by atoms with Crippen LogP contribution in [0.2, 0.25) is 0 Å². The van der Waals surface area contributed by atoms with Gasteiger partial charge in [-0.1, -0.05) is 18.2 Å². The first-order valence-corrected chi connectivity index (χ1v) is 6.38. The summed E-state index contributed by atoms with van der Waals surface area (Å²) in [6.45, 7) is 1.80. The molecule has 1 N–H and O–H groups in total. The number of carbonyl (C=O) groups is 1. The summed E-state index contributed by atoms with van der Waals surface area (Å²) < 4.78 is 11.4. The highest BCUT2D eigenvalue weighted by molar-refractivity contribution is 5.94. The topological polar surface area (TPSA) is 60.5 Å². The van der Waals surface area contributed by atoms with Gasteiger partial charge in [-0.15, -0.1) is 0 Å². The average Bonchev–Trinajstić information content (AvgIpc) is 2.47. The Bertz CT molecular complexity index is 616. The second-order valence-corrected chi connectivity index (χ2v) is 4.51. The SMILES string of the molecule is C[C@@H]1Oc2ccccc2O[C@@H]1C(=O)Nc1ccccn1. The van der Waals surface area contributed by atoms with Gasteiger partial charge in [-0.05, 0) is 31.2 Å². The van der Waals surface area contributed by atoms with Gasteiger partial charge < -0.3 is 14.8 Å². The molecule has 2 heterocycles. The number of para-hydroxylation sites is 2. The van der Waals surface area contributed by atoms with Gasteiger partial charge in [0.05, 0.1) is 0 Å². The number of hydrogen-bond acceptors (Lipinski definition) is 4. The lowest BCUT2D eigenvalue weighted by Crippen LogP contribution is -2.46. The zero-order chi connectivity index (χ0) is 13.9. The van der Waals surface area contributed by atoms with Crippen LogP contribution in [0.1, 0.15) is 6.92 Å². The van der Waals surface area contributed by atoms with Crippen molar-refractivity contribution in [3.05, 3.63) is 48.7 Å². The van der Waals surface area contributed by atoms with Gasteiger partial charge in [-0.3, -0.25) is 4.79 Å². The van der Waals surface area contributed by atoms with E-state index in [0.717, 1.165) is 0 Å². The Morgan fingerprint density at radius 2 is 1.80 bits per heavy atom. The zero-order valence-corrected chi connectivity index (χ0v) is 10.9. The molecule has 0 unspecified atom stereocenters. The van der Waals surface area contributed by atoms with Crippen LogP contribution < -0.4 is 14.8 Å². The molecule has 20 heavy (non-hydrogen) atoms. The number of anilines is 1. The predicted molar refractivity (Wildman–Crippen MR) is 73.8 cm³/mol. The van der Waals surface area contributed by atoms with E-state index in [1.165, 1.54) is 0 Å². The lowest BCUT2D eigenvalue weighted by atomic mass is 10.1. The third kappa shape index (κ3) is 2.42. The van der Waals surface area contributed by atoms with Crippen LogP contribution in [-0.2, 0) is 4.79 Å². The van der Waals surface area contributed by atoms with Gasteiger partial charge in [0.1, 0.15) is 11.9 Å². The number of nitrogens with zero attached hydrogens (tertiary/aromatic N) is 1. The van der Waals surface area contributed by atoms with Crippen LogP contribution in [-0.4, -0.2) is 23.1 Å². The molecule has 1 aromatic carbocycles. The van der Waals surface area contributed by atoms with Crippen LogP contribution in [0.5, 0.6) is 11.5 Å². The lowest BCUT2D eigenvalue weighted by molar-refractivity contribution is -0.128. The molecule has 0 aliphatic carbocycles. The second-order valence-electron chi connectivity index (χ2n) is 4.51. The van der Waals surface area contributed by atoms with Crippen molar-refractivity contribution in [2.24, 2.45) is 0 Å². The summed E-state index contributed by atoms with van der Waals surface area (Å²) >= 11 is 0. The molecular weight excluding hydrogens is 256 g/mol. The normalized spacial score (nSPS) is 20.2. The monoisotopic (exact) mass is 270 g/mol. The number of fused-ring (bicyclic) bond motifs is 1. The number of pyridine rings is 1. The third-order valence-corrected chi connectivity index (χ3v) is 3.02. The van der Waals surface area contributed by atoms with Gasteiger partial charge in [0.2, 0.25) is 6.10 Å². The highest BCUT2D eigenvalue weighted by Crippen LogP contribution is 2.33. The van der Waals surface area contributed by atoms with E-state index in [-0.39, 0.29) is 12.0 Å². The Morgan fingerprint density at radius 3 is 2.50 bits per heavy atom. The van der Waals surface area contributed by atoms with Crippen molar-refractivity contribution < 1.29 is 14.3 Å². The van der Waals surface area contributed by atoms with E-state index < -0.39 is 6.10 Å². The number of aromatic nitrogens is 1. The maximum Gasteiger partial charge on any atom is 0.270 e. The first-order chi connectivity index (χ1) is 9.74. The summed E-state index contributed by atoms with van der Waals surface area (Å²) in [7, 11) is 0. The fourth-order valence-corrected chi connectivity index (χ4v) is 2.04. The van der Waals surface area contributed by atoms with Crippen molar-refractivity contribution in [2.45, 2.75) is 19.1 Å². The molecule has 5 nitrogen and oxygen atoms in total. The average molecular weight is 270 g/mol. The molecule has 0 fully saturated rings. The molecule has 2 atom stereocenters. The van der Waals surface area contributed by atoms with E-state index >= 15 is 0 Å². The molecule has 3 rings (SSSR count). The van der Waals surface area contributed by atoms with Gasteiger partial charge in [0, 0.05) is 6.20 Å². The molecule has 2 aromatic rings. The summed E-state index contributed by atoms with van der Waals surface area (Å²) in [5.74, 6) is 1.45. The van der Waals surface area contributed by atoms with Crippen LogP contribution in [0.3, 0.4) is 0 Å². The molecule has 0 spiro atoms. The maximum atomic E-state index is 12.2. The number of carbonyl (C=O) groups excluding carboxylic acids is 1. The number of ether oxygens (including phenoxy) is 2. The summed E-state index contributed by atoms with van der Waals surface area (Å²) in [5.41, 5.74) is 0. The van der Waals surface area contributed by atoms with Gasteiger partial charge in [-0.2, -0.15) is 0 Å². The Labute approximate surface area is 116 Å². The molecule has 1 amide bonds. The van der Waals surface area contributed by atoms with Crippen LogP contribution in [0.25, 0.3) is 0 Å². The van der Waals surface area contributed by atoms with E-state index in [2.05, 4.69) is 10.3 Å². The number of nitrogens with one attached hydrogen (secondary N) is 1. The number of amides is 1. The molecule has 102 valence electrons. The van der Waals surface area contributed by atoms with Crippen LogP contribution in [0, 0.1) is 0 Å². The van der Waals surface area contributed by atoms with Gasteiger partial charge in [-0.25, -0.2) is 4.98 Å². The summed E-state index contributed by atoms with van der Waals surface area (Å²) in [4.78, 5) is 16.3. The fraction of sp³-hybridized carbons (Fsp3) is 0.200. The van der Waals surface area contributed by atoms with Gasteiger partial charge in [0.15, 0.2) is 11.5 Å². The largest absolute Gasteiger partial charge is 0.482 e. The van der Waals surface area contributed by atoms with Gasteiger partial charge in [0.25, 0.3) is 5.91 Å². The lowest BCUT2D eigenvalue weighted by Gasteiger charge is -2.30. The van der Waals surface area contributed by atoms with Crippen LogP contribution >= 0.6 is 0 Å². The number of hydrogen-bond donors (Lipinski definition) is 1. The Hall–Kier alpha value is -2.56. The van der Waals surface area contributed by atoms with Crippen molar-refractivity contribution in [2.75, 3.05) is 5.32 Å². The van der Waals surface area contributed by atoms with Crippen molar-refractivity contribution in [3.63, 3.8) is 0 Å². The van der Waals surface area contributed by atoms with Crippen LogP contribution in [0.4, 0.5) is 5.82 Å². The molecule has 0 bridgehead atoms. The maximum absolute atomic E-state index is 12.2. The zero-order valence-electron chi connectivity index (χ0n) is 10.9. The number of benzene rings is 1. The first kappa shape index (κ1) is 12.5.